The second-order valence-electron chi connectivity index (χ2n) is 6.77. The van der Waals surface area contributed by atoms with E-state index in [4.69, 9.17) is 0 Å². The van der Waals surface area contributed by atoms with E-state index in [9.17, 15) is 9.90 Å². The third-order valence-electron chi connectivity index (χ3n) is 4.98. The average molecular weight is 282 g/mol. The fourth-order valence-corrected chi connectivity index (χ4v) is 3.65. The van der Waals surface area contributed by atoms with Crippen molar-refractivity contribution in [1.82, 2.24) is 9.80 Å². The van der Waals surface area contributed by atoms with Gasteiger partial charge in [0.2, 0.25) is 5.91 Å². The van der Waals surface area contributed by atoms with Crippen molar-refractivity contribution in [1.29, 1.82) is 0 Å². The summed E-state index contributed by atoms with van der Waals surface area (Å²) in [6, 6.07) is 0. The minimum atomic E-state index is -0.106. The number of amides is 1. The van der Waals surface area contributed by atoms with Gasteiger partial charge >= 0.3 is 0 Å². The number of likely N-dealkylation sites (tertiary alicyclic amines) is 2. The Labute approximate surface area is 123 Å². The summed E-state index contributed by atoms with van der Waals surface area (Å²) >= 11 is 0. The number of carbonyl (C=O) groups excluding carboxylic acids is 1. The van der Waals surface area contributed by atoms with Gasteiger partial charge in [-0.05, 0) is 44.7 Å². The zero-order chi connectivity index (χ0) is 14.8. The van der Waals surface area contributed by atoms with E-state index in [-0.39, 0.29) is 12.0 Å². The lowest BCUT2D eigenvalue weighted by molar-refractivity contribution is -0.164. The first-order valence-corrected chi connectivity index (χ1v) is 8.25. The van der Waals surface area contributed by atoms with Crippen LogP contribution in [0.25, 0.3) is 0 Å². The van der Waals surface area contributed by atoms with Crippen LogP contribution in [0.1, 0.15) is 46.5 Å². The van der Waals surface area contributed by atoms with Crippen LogP contribution in [-0.4, -0.2) is 59.6 Å². The molecule has 2 heterocycles. The van der Waals surface area contributed by atoms with Crippen molar-refractivity contribution in [2.75, 3.05) is 32.7 Å². The van der Waals surface area contributed by atoms with Gasteiger partial charge in [0.25, 0.3) is 0 Å². The van der Waals surface area contributed by atoms with Gasteiger partial charge in [-0.2, -0.15) is 0 Å². The summed E-state index contributed by atoms with van der Waals surface area (Å²) in [5.41, 5.74) is 0.297. The van der Waals surface area contributed by atoms with E-state index < -0.39 is 0 Å². The molecular formula is C16H30N2O2. The molecule has 4 heteroatoms. The van der Waals surface area contributed by atoms with Crippen molar-refractivity contribution in [3.8, 4) is 0 Å². The number of hydrogen-bond donors (Lipinski definition) is 1. The lowest BCUT2D eigenvalue weighted by Crippen LogP contribution is -2.66. The predicted octanol–water partition coefficient (Wildman–Crippen LogP) is 1.73. The van der Waals surface area contributed by atoms with Crippen LogP contribution < -0.4 is 0 Å². The summed E-state index contributed by atoms with van der Waals surface area (Å²) in [5, 5.41) is 9.35. The number of piperidine rings is 1. The van der Waals surface area contributed by atoms with Crippen molar-refractivity contribution in [3.63, 3.8) is 0 Å². The summed E-state index contributed by atoms with van der Waals surface area (Å²) in [6.07, 6.45) is 4.15. The van der Waals surface area contributed by atoms with E-state index >= 15 is 0 Å². The topological polar surface area (TPSA) is 43.8 Å². The van der Waals surface area contributed by atoms with Crippen LogP contribution in [0.4, 0.5) is 0 Å². The molecule has 4 nitrogen and oxygen atoms in total. The maximum atomic E-state index is 12.1. The normalized spacial score (nSPS) is 26.5. The highest BCUT2D eigenvalue weighted by molar-refractivity contribution is 5.79. The highest BCUT2D eigenvalue weighted by atomic mass is 16.3. The van der Waals surface area contributed by atoms with Gasteiger partial charge in [-0.3, -0.25) is 9.69 Å². The van der Waals surface area contributed by atoms with Crippen molar-refractivity contribution < 1.29 is 9.90 Å². The fourth-order valence-electron chi connectivity index (χ4n) is 3.65. The summed E-state index contributed by atoms with van der Waals surface area (Å²) in [4.78, 5) is 16.4. The van der Waals surface area contributed by atoms with Crippen LogP contribution >= 0.6 is 0 Å². The summed E-state index contributed by atoms with van der Waals surface area (Å²) < 4.78 is 0. The third kappa shape index (κ3) is 3.34. The van der Waals surface area contributed by atoms with E-state index in [1.165, 1.54) is 12.8 Å². The molecule has 20 heavy (non-hydrogen) atoms. The molecule has 2 aliphatic heterocycles. The molecule has 1 spiro atoms. The van der Waals surface area contributed by atoms with Gasteiger partial charge in [0.1, 0.15) is 0 Å². The Bertz CT molecular complexity index is 323. The number of aliphatic hydroxyl groups is 1. The molecule has 0 atom stereocenters. The van der Waals surface area contributed by atoms with Gasteiger partial charge in [0.15, 0.2) is 0 Å². The number of nitrogens with zero attached hydrogens (tertiary/aromatic N) is 2. The van der Waals surface area contributed by atoms with Crippen LogP contribution in [0.15, 0.2) is 0 Å². The molecule has 0 unspecified atom stereocenters. The molecule has 0 aromatic heterocycles. The van der Waals surface area contributed by atoms with Crippen LogP contribution in [0, 0.1) is 11.3 Å². The van der Waals surface area contributed by atoms with Crippen molar-refractivity contribution in [2.24, 2.45) is 11.3 Å². The first kappa shape index (κ1) is 15.8. The molecule has 1 amide bonds. The van der Waals surface area contributed by atoms with Gasteiger partial charge in [-0.1, -0.05) is 20.8 Å². The van der Waals surface area contributed by atoms with Gasteiger partial charge < -0.3 is 10.0 Å². The monoisotopic (exact) mass is 282 g/mol. The van der Waals surface area contributed by atoms with E-state index in [2.05, 4.69) is 11.8 Å². The molecule has 3 fully saturated rings. The smallest absolute Gasteiger partial charge is 0.236 e. The second-order valence-corrected chi connectivity index (χ2v) is 6.77. The van der Waals surface area contributed by atoms with Crippen LogP contribution in [0.5, 0.6) is 0 Å². The predicted molar refractivity (Wildman–Crippen MR) is 80.4 cm³/mol. The minimum Gasteiger partial charge on any atom is -0.393 e. The molecule has 116 valence electrons. The number of carbonyl (C=O) groups is 1. The highest BCUT2D eigenvalue weighted by Gasteiger charge is 2.53. The third-order valence-corrected chi connectivity index (χ3v) is 4.98. The Hall–Kier alpha value is -0.610. The van der Waals surface area contributed by atoms with Crippen molar-refractivity contribution in [3.05, 3.63) is 0 Å². The minimum absolute atomic E-state index is 0.106. The zero-order valence-electron chi connectivity index (χ0n) is 13.3. The van der Waals surface area contributed by atoms with Crippen molar-refractivity contribution in [2.45, 2.75) is 52.6 Å². The molecule has 0 radical (unpaired) electrons. The lowest BCUT2D eigenvalue weighted by Gasteiger charge is -2.58. The molecule has 0 aromatic rings. The Morgan fingerprint density at radius 1 is 1.20 bits per heavy atom. The lowest BCUT2D eigenvalue weighted by atomic mass is 9.62. The van der Waals surface area contributed by atoms with Gasteiger partial charge in [-0.25, -0.2) is 0 Å². The average Bonchev–Trinajstić information content (AvgIpc) is 2.37. The molecule has 3 aliphatic rings. The van der Waals surface area contributed by atoms with Gasteiger partial charge in [-0.15, -0.1) is 0 Å². The molecule has 1 N–H and O–H groups in total. The quantitative estimate of drug-likeness (QED) is 0.839. The summed E-state index contributed by atoms with van der Waals surface area (Å²) in [6.45, 7) is 10.8. The van der Waals surface area contributed by atoms with E-state index in [1.54, 1.807) is 0 Å². The Kier molecular flexibility index (Phi) is 5.08. The SMILES string of the molecule is CC.CC1CCN(CC(=O)N2CC3(CC(O)C3)C2)CC1. The summed E-state index contributed by atoms with van der Waals surface area (Å²) in [7, 11) is 0. The first-order chi connectivity index (χ1) is 9.56. The largest absolute Gasteiger partial charge is 0.393 e. The number of hydrogen-bond acceptors (Lipinski definition) is 3. The first-order valence-electron chi connectivity index (χ1n) is 8.25. The molecular weight excluding hydrogens is 252 g/mol. The van der Waals surface area contributed by atoms with Crippen LogP contribution in [-0.2, 0) is 4.79 Å². The number of aliphatic hydroxyl groups excluding tert-OH is 1. The van der Waals surface area contributed by atoms with E-state index in [0.717, 1.165) is 44.9 Å². The van der Waals surface area contributed by atoms with Crippen LogP contribution in [0.2, 0.25) is 0 Å². The van der Waals surface area contributed by atoms with Crippen LogP contribution in [0.3, 0.4) is 0 Å². The maximum absolute atomic E-state index is 12.1. The Balaban J connectivity index is 0.000000704. The summed E-state index contributed by atoms with van der Waals surface area (Å²) in [5.74, 6) is 1.11. The Morgan fingerprint density at radius 3 is 2.25 bits per heavy atom. The molecule has 0 aromatic carbocycles. The van der Waals surface area contributed by atoms with Gasteiger partial charge in [0, 0.05) is 18.5 Å². The second kappa shape index (κ2) is 6.44. The van der Waals surface area contributed by atoms with Crippen molar-refractivity contribution >= 4 is 5.91 Å². The molecule has 1 aliphatic carbocycles. The fraction of sp³-hybridized carbons (Fsp3) is 0.938. The molecule has 0 bridgehead atoms. The van der Waals surface area contributed by atoms with Gasteiger partial charge in [0.05, 0.1) is 12.6 Å². The molecule has 1 saturated carbocycles. The van der Waals surface area contributed by atoms with E-state index in [0.29, 0.717) is 12.0 Å². The highest BCUT2D eigenvalue weighted by Crippen LogP contribution is 2.48. The molecule has 2 saturated heterocycles. The molecule has 3 rings (SSSR count). The Morgan fingerprint density at radius 2 is 1.75 bits per heavy atom. The van der Waals surface area contributed by atoms with E-state index in [1.807, 2.05) is 18.7 Å². The standard InChI is InChI=1S/C14H24N2O2.C2H6/c1-11-2-4-15(5-3-11)8-13(18)16-9-14(10-16)6-12(17)7-14;1-2/h11-12,17H,2-10H2,1H3;1-2H3. The zero-order valence-corrected chi connectivity index (χ0v) is 13.3. The maximum Gasteiger partial charge on any atom is 0.236 e. The number of rotatable bonds is 2.